The Bertz CT molecular complexity index is 132. The summed E-state index contributed by atoms with van der Waals surface area (Å²) in [6.45, 7) is 0. The van der Waals surface area contributed by atoms with Crippen LogP contribution in [0.3, 0.4) is 0 Å². The summed E-state index contributed by atoms with van der Waals surface area (Å²) in [4.78, 5) is 14.1. The van der Waals surface area contributed by atoms with Crippen LogP contribution < -0.4 is 0 Å². The molecule has 0 amide bonds. The molecule has 0 aliphatic heterocycles. The Morgan fingerprint density at radius 2 is 1.90 bits per heavy atom. The van der Waals surface area contributed by atoms with Crippen molar-refractivity contribution in [1.82, 2.24) is 4.90 Å². The van der Waals surface area contributed by atoms with Crippen molar-refractivity contribution in [3.05, 3.63) is 0 Å². The molecule has 0 atom stereocenters. The number of likely N-dealkylation sites (N-methyl/N-ethyl adjacent to an activating group) is 1. The SMILES string of the molecule is CN(C)C(O)(O)C(=O)OO. The summed E-state index contributed by atoms with van der Waals surface area (Å²) >= 11 is 0. The molecule has 0 fully saturated rings. The minimum atomic E-state index is -2.77. The lowest BCUT2D eigenvalue weighted by atomic mass is 10.4. The monoisotopic (exact) mass is 151 g/mol. The van der Waals surface area contributed by atoms with Gasteiger partial charge in [0.05, 0.1) is 0 Å². The van der Waals surface area contributed by atoms with Crippen molar-refractivity contribution in [3.8, 4) is 0 Å². The standard InChI is InChI=1S/C4H9NO5/c1-5(2)4(7,8)3(6)10-9/h7-9H,1-2H3. The summed E-state index contributed by atoms with van der Waals surface area (Å²) in [6.07, 6.45) is 0. The molecule has 6 heteroatoms. The number of hydrogen-bond acceptors (Lipinski definition) is 6. The lowest BCUT2D eigenvalue weighted by Gasteiger charge is -2.23. The second kappa shape index (κ2) is 2.93. The highest BCUT2D eigenvalue weighted by Gasteiger charge is 2.38. The van der Waals surface area contributed by atoms with Crippen LogP contribution in [0.1, 0.15) is 0 Å². The molecule has 0 saturated carbocycles. The van der Waals surface area contributed by atoms with Crippen molar-refractivity contribution in [3.63, 3.8) is 0 Å². The molecule has 0 aromatic heterocycles. The van der Waals surface area contributed by atoms with Crippen LogP contribution in [0.5, 0.6) is 0 Å². The quantitative estimate of drug-likeness (QED) is 0.245. The number of nitrogens with zero attached hydrogens (tertiary/aromatic N) is 1. The van der Waals surface area contributed by atoms with E-state index in [1.54, 1.807) is 0 Å². The minimum Gasteiger partial charge on any atom is -0.344 e. The van der Waals surface area contributed by atoms with Crippen LogP contribution in [0, 0.1) is 0 Å². The number of rotatable bonds is 2. The van der Waals surface area contributed by atoms with Crippen LogP contribution >= 0.6 is 0 Å². The molecular weight excluding hydrogens is 142 g/mol. The Labute approximate surface area is 57.2 Å². The van der Waals surface area contributed by atoms with Gasteiger partial charge in [-0.2, -0.15) is 5.26 Å². The van der Waals surface area contributed by atoms with E-state index in [1.165, 1.54) is 14.1 Å². The Morgan fingerprint density at radius 3 is 2.00 bits per heavy atom. The van der Waals surface area contributed by atoms with Gasteiger partial charge in [-0.3, -0.25) is 4.89 Å². The largest absolute Gasteiger partial charge is 0.417 e. The van der Waals surface area contributed by atoms with Gasteiger partial charge in [0.25, 0.3) is 0 Å². The molecule has 6 nitrogen and oxygen atoms in total. The highest BCUT2D eigenvalue weighted by atomic mass is 17.1. The normalized spacial score (nSPS) is 11.8. The first kappa shape index (κ1) is 9.31. The molecule has 0 saturated heterocycles. The van der Waals surface area contributed by atoms with Crippen LogP contribution in [0.15, 0.2) is 0 Å². The Balaban J connectivity index is 4.24. The first-order valence-corrected chi connectivity index (χ1v) is 2.41. The molecule has 0 heterocycles. The molecule has 0 unspecified atom stereocenters. The minimum absolute atomic E-state index is 0.769. The lowest BCUT2D eigenvalue weighted by Crippen LogP contribution is -2.51. The first-order valence-electron chi connectivity index (χ1n) is 2.41. The molecule has 0 bridgehead atoms. The van der Waals surface area contributed by atoms with Gasteiger partial charge in [-0.15, -0.1) is 0 Å². The van der Waals surface area contributed by atoms with E-state index in [4.69, 9.17) is 15.5 Å². The third-order valence-electron chi connectivity index (χ3n) is 0.980. The highest BCUT2D eigenvalue weighted by molar-refractivity contribution is 5.75. The lowest BCUT2D eigenvalue weighted by molar-refractivity contribution is -0.304. The molecule has 3 N–H and O–H groups in total. The Morgan fingerprint density at radius 1 is 1.50 bits per heavy atom. The fourth-order valence-electron chi connectivity index (χ4n) is 0.244. The topological polar surface area (TPSA) is 90.2 Å². The van der Waals surface area contributed by atoms with Gasteiger partial charge in [0, 0.05) is 0 Å². The summed E-state index contributed by atoms with van der Waals surface area (Å²) in [7, 11) is 2.47. The summed E-state index contributed by atoms with van der Waals surface area (Å²) in [5, 5.41) is 25.1. The molecule has 0 aromatic carbocycles. The van der Waals surface area contributed by atoms with Gasteiger partial charge in [0.2, 0.25) is 0 Å². The fourth-order valence-corrected chi connectivity index (χ4v) is 0.244. The number of aliphatic hydroxyl groups is 2. The summed E-state index contributed by atoms with van der Waals surface area (Å²) in [6, 6.07) is 0. The van der Waals surface area contributed by atoms with Crippen molar-refractivity contribution in [2.75, 3.05) is 14.1 Å². The molecule has 0 rings (SSSR count). The van der Waals surface area contributed by atoms with Gasteiger partial charge in [-0.1, -0.05) is 0 Å². The van der Waals surface area contributed by atoms with E-state index in [2.05, 4.69) is 4.89 Å². The van der Waals surface area contributed by atoms with Gasteiger partial charge in [0.15, 0.2) is 0 Å². The molecule has 0 spiro atoms. The zero-order chi connectivity index (χ0) is 8.36. The van der Waals surface area contributed by atoms with E-state index in [0.717, 1.165) is 4.90 Å². The zero-order valence-electron chi connectivity index (χ0n) is 5.61. The summed E-state index contributed by atoms with van der Waals surface area (Å²) < 4.78 is 0. The van der Waals surface area contributed by atoms with Gasteiger partial charge in [-0.05, 0) is 14.1 Å². The van der Waals surface area contributed by atoms with E-state index in [-0.39, 0.29) is 0 Å². The van der Waals surface area contributed by atoms with Gasteiger partial charge < -0.3 is 10.2 Å². The average molecular weight is 151 g/mol. The Kier molecular flexibility index (Phi) is 2.73. The van der Waals surface area contributed by atoms with E-state index in [1.807, 2.05) is 0 Å². The van der Waals surface area contributed by atoms with Crippen LogP contribution in [-0.4, -0.2) is 46.3 Å². The average Bonchev–Trinajstić information content (AvgIpc) is 1.86. The van der Waals surface area contributed by atoms with E-state index in [0.29, 0.717) is 0 Å². The zero-order valence-corrected chi connectivity index (χ0v) is 5.61. The molecule has 0 aromatic rings. The van der Waals surface area contributed by atoms with Crippen LogP contribution in [-0.2, 0) is 9.68 Å². The predicted octanol–water partition coefficient (Wildman–Crippen LogP) is -1.80. The van der Waals surface area contributed by atoms with Crippen LogP contribution in [0.4, 0.5) is 0 Å². The summed E-state index contributed by atoms with van der Waals surface area (Å²) in [5.74, 6) is -4.31. The maximum absolute atomic E-state index is 10.3. The van der Waals surface area contributed by atoms with Crippen LogP contribution in [0.2, 0.25) is 0 Å². The van der Waals surface area contributed by atoms with Crippen LogP contribution in [0.25, 0.3) is 0 Å². The smallest absolute Gasteiger partial charge is 0.344 e. The van der Waals surface area contributed by atoms with Gasteiger partial charge in [-0.25, -0.2) is 9.69 Å². The molecule has 10 heavy (non-hydrogen) atoms. The molecule has 0 aliphatic rings. The second-order valence-corrected chi connectivity index (χ2v) is 1.91. The molecule has 60 valence electrons. The van der Waals surface area contributed by atoms with E-state index < -0.39 is 11.9 Å². The maximum Gasteiger partial charge on any atom is 0.417 e. The third-order valence-corrected chi connectivity index (χ3v) is 0.980. The second-order valence-electron chi connectivity index (χ2n) is 1.91. The summed E-state index contributed by atoms with van der Waals surface area (Å²) in [5.41, 5.74) is 0. The van der Waals surface area contributed by atoms with Crippen molar-refractivity contribution >= 4 is 5.97 Å². The van der Waals surface area contributed by atoms with Crippen molar-refractivity contribution < 1.29 is 25.2 Å². The molecular formula is C4H9NO5. The predicted molar refractivity (Wildman–Crippen MR) is 29.6 cm³/mol. The van der Waals surface area contributed by atoms with Crippen molar-refractivity contribution in [2.24, 2.45) is 0 Å². The van der Waals surface area contributed by atoms with E-state index in [9.17, 15) is 4.79 Å². The third kappa shape index (κ3) is 1.64. The van der Waals surface area contributed by atoms with Gasteiger partial charge >= 0.3 is 11.9 Å². The van der Waals surface area contributed by atoms with Crippen molar-refractivity contribution in [2.45, 2.75) is 5.91 Å². The number of carbonyl (C=O) groups excluding carboxylic acids is 1. The number of carbonyl (C=O) groups is 1. The first-order chi connectivity index (χ1) is 4.42. The molecule has 0 radical (unpaired) electrons. The molecule has 0 aliphatic carbocycles. The van der Waals surface area contributed by atoms with E-state index >= 15 is 0 Å². The van der Waals surface area contributed by atoms with Crippen molar-refractivity contribution in [1.29, 1.82) is 0 Å². The number of hydrogen-bond donors (Lipinski definition) is 3. The Hall–Kier alpha value is -0.690. The maximum atomic E-state index is 10.3. The highest BCUT2D eigenvalue weighted by Crippen LogP contribution is 2.03. The fraction of sp³-hybridized carbons (Fsp3) is 0.750. The van der Waals surface area contributed by atoms with Gasteiger partial charge in [0.1, 0.15) is 0 Å².